The van der Waals surface area contributed by atoms with E-state index >= 15 is 0 Å². The van der Waals surface area contributed by atoms with Crippen molar-refractivity contribution >= 4 is 27.8 Å². The summed E-state index contributed by atoms with van der Waals surface area (Å²) >= 11 is 1.35. The van der Waals surface area contributed by atoms with E-state index in [1.165, 1.54) is 22.7 Å². The SMILES string of the molecule is CSn1ccn(CS(=O)(=O)O)/c1=N\NNc1ccccc1. The molecule has 1 heterocycles. The molecule has 10 heteroatoms. The maximum absolute atomic E-state index is 11.0. The highest BCUT2D eigenvalue weighted by molar-refractivity contribution is 7.97. The van der Waals surface area contributed by atoms with Gasteiger partial charge in [0, 0.05) is 18.6 Å². The lowest BCUT2D eigenvalue weighted by molar-refractivity contribution is 0.469. The van der Waals surface area contributed by atoms with Gasteiger partial charge in [0.05, 0.1) is 5.69 Å². The molecule has 0 amide bonds. The van der Waals surface area contributed by atoms with Crippen LogP contribution < -0.4 is 16.6 Å². The van der Waals surface area contributed by atoms with E-state index in [-0.39, 0.29) is 0 Å². The number of hydrogen-bond acceptors (Lipinski definition) is 6. The molecular weight excluding hydrogens is 314 g/mol. The van der Waals surface area contributed by atoms with Gasteiger partial charge in [0.15, 0.2) is 5.88 Å². The van der Waals surface area contributed by atoms with E-state index in [2.05, 4.69) is 16.1 Å². The van der Waals surface area contributed by atoms with Crippen LogP contribution in [-0.2, 0) is 16.0 Å². The van der Waals surface area contributed by atoms with Crippen LogP contribution in [-0.4, -0.2) is 27.8 Å². The van der Waals surface area contributed by atoms with Crippen molar-refractivity contribution in [3.63, 3.8) is 0 Å². The maximum atomic E-state index is 11.0. The molecule has 0 saturated carbocycles. The molecule has 1 aromatic heterocycles. The fraction of sp³-hybridized carbons (Fsp3) is 0.182. The molecule has 2 aromatic rings. The summed E-state index contributed by atoms with van der Waals surface area (Å²) in [7, 11) is -4.14. The molecule has 1 aromatic carbocycles. The van der Waals surface area contributed by atoms with Gasteiger partial charge in [-0.3, -0.25) is 18.5 Å². The van der Waals surface area contributed by atoms with Crippen molar-refractivity contribution in [3.8, 4) is 0 Å². The molecule has 3 N–H and O–H groups in total. The topological polar surface area (TPSA) is 101 Å². The van der Waals surface area contributed by atoms with Crippen LogP contribution in [0.15, 0.2) is 47.8 Å². The Hall–Kier alpha value is -1.91. The molecule has 0 aliphatic rings. The summed E-state index contributed by atoms with van der Waals surface area (Å²) < 4.78 is 33.9. The Morgan fingerprint density at radius 2 is 2.00 bits per heavy atom. The fourth-order valence-corrected chi connectivity index (χ4v) is 2.64. The van der Waals surface area contributed by atoms with Gasteiger partial charge < -0.3 is 0 Å². The Balaban J connectivity index is 2.20. The van der Waals surface area contributed by atoms with Crippen LogP contribution in [0.2, 0.25) is 0 Å². The highest BCUT2D eigenvalue weighted by atomic mass is 32.2. The van der Waals surface area contributed by atoms with E-state index in [0.29, 0.717) is 5.62 Å². The zero-order chi connectivity index (χ0) is 15.3. The Kier molecular flexibility index (Phi) is 4.94. The van der Waals surface area contributed by atoms with Gasteiger partial charge in [-0.25, -0.2) is 5.53 Å². The summed E-state index contributed by atoms with van der Waals surface area (Å²) in [5.74, 6) is -0.563. The van der Waals surface area contributed by atoms with Gasteiger partial charge in [0.2, 0.25) is 5.62 Å². The summed E-state index contributed by atoms with van der Waals surface area (Å²) in [5.41, 5.74) is 6.65. The second-order valence-electron chi connectivity index (χ2n) is 4.00. The molecule has 21 heavy (non-hydrogen) atoms. The molecule has 0 bridgehead atoms. The van der Waals surface area contributed by atoms with E-state index in [9.17, 15) is 8.42 Å². The lowest BCUT2D eigenvalue weighted by Crippen LogP contribution is -2.30. The molecule has 0 atom stereocenters. The van der Waals surface area contributed by atoms with Crippen LogP contribution in [0.5, 0.6) is 0 Å². The third-order valence-corrected chi connectivity index (χ3v) is 3.75. The zero-order valence-corrected chi connectivity index (χ0v) is 12.8. The van der Waals surface area contributed by atoms with Gasteiger partial charge in [-0.05, 0) is 24.1 Å². The molecule has 0 radical (unpaired) electrons. The van der Waals surface area contributed by atoms with E-state index in [4.69, 9.17) is 4.55 Å². The summed E-state index contributed by atoms with van der Waals surface area (Å²) in [6.07, 6.45) is 4.99. The van der Waals surface area contributed by atoms with Gasteiger partial charge >= 0.3 is 0 Å². The number of imidazole rings is 1. The Bertz CT molecular complexity index is 752. The normalized spacial score (nSPS) is 12.4. The second kappa shape index (κ2) is 6.70. The molecule has 8 nitrogen and oxygen atoms in total. The smallest absolute Gasteiger partial charge is 0.283 e. The molecule has 0 saturated heterocycles. The number of hydrogen-bond donors (Lipinski definition) is 3. The summed E-state index contributed by atoms with van der Waals surface area (Å²) in [6, 6.07) is 9.33. The first-order valence-electron chi connectivity index (χ1n) is 5.87. The number of benzene rings is 1. The highest BCUT2D eigenvalue weighted by Gasteiger charge is 2.09. The van der Waals surface area contributed by atoms with Crippen molar-refractivity contribution in [1.29, 1.82) is 0 Å². The fourth-order valence-electron chi connectivity index (χ4n) is 1.60. The van der Waals surface area contributed by atoms with Gasteiger partial charge in [-0.15, -0.1) is 5.10 Å². The summed E-state index contributed by atoms with van der Waals surface area (Å²) in [4.78, 5) is 0. The lowest BCUT2D eigenvalue weighted by Gasteiger charge is -2.05. The van der Waals surface area contributed by atoms with E-state index < -0.39 is 16.0 Å². The molecule has 0 fully saturated rings. The number of aromatic nitrogens is 2. The Morgan fingerprint density at radius 3 is 2.62 bits per heavy atom. The van der Waals surface area contributed by atoms with Gasteiger partial charge in [-0.2, -0.15) is 8.42 Å². The predicted octanol–water partition coefficient (Wildman–Crippen LogP) is 0.693. The summed E-state index contributed by atoms with van der Waals surface area (Å²) in [5, 5.41) is 4.08. The van der Waals surface area contributed by atoms with Crippen molar-refractivity contribution in [1.82, 2.24) is 14.1 Å². The second-order valence-corrected chi connectivity index (χ2v) is 6.18. The van der Waals surface area contributed by atoms with E-state index in [1.807, 2.05) is 36.6 Å². The number of hydrazine groups is 1. The Morgan fingerprint density at radius 1 is 1.29 bits per heavy atom. The molecule has 2 rings (SSSR count). The number of para-hydroxylation sites is 1. The minimum absolute atomic E-state index is 0.337. The van der Waals surface area contributed by atoms with Crippen molar-refractivity contribution in [2.75, 3.05) is 11.7 Å². The molecule has 114 valence electrons. The van der Waals surface area contributed by atoms with E-state index in [0.717, 1.165) is 5.69 Å². The molecule has 0 aliphatic carbocycles. The maximum Gasteiger partial charge on any atom is 0.283 e. The van der Waals surface area contributed by atoms with Crippen molar-refractivity contribution in [2.45, 2.75) is 5.88 Å². The van der Waals surface area contributed by atoms with Crippen LogP contribution in [0.1, 0.15) is 0 Å². The quantitative estimate of drug-likeness (QED) is 0.533. The van der Waals surface area contributed by atoms with E-state index in [1.54, 1.807) is 10.2 Å². The number of anilines is 1. The Labute approximate surface area is 126 Å². The third kappa shape index (κ3) is 4.55. The van der Waals surface area contributed by atoms with Crippen LogP contribution >= 0.6 is 11.9 Å². The molecule has 0 spiro atoms. The predicted molar refractivity (Wildman–Crippen MR) is 81.6 cm³/mol. The molecule has 0 aliphatic heterocycles. The average molecular weight is 329 g/mol. The van der Waals surface area contributed by atoms with Gasteiger partial charge in [0.25, 0.3) is 10.1 Å². The van der Waals surface area contributed by atoms with Crippen molar-refractivity contribution in [3.05, 3.63) is 48.3 Å². The summed E-state index contributed by atoms with van der Waals surface area (Å²) in [6.45, 7) is 0. The van der Waals surface area contributed by atoms with Crippen LogP contribution in [0.4, 0.5) is 5.69 Å². The van der Waals surface area contributed by atoms with Crippen LogP contribution in [0.3, 0.4) is 0 Å². The number of rotatable bonds is 6. The van der Waals surface area contributed by atoms with Gasteiger partial charge in [0.1, 0.15) is 0 Å². The minimum atomic E-state index is -4.14. The number of nitrogens with one attached hydrogen (secondary N) is 2. The van der Waals surface area contributed by atoms with Gasteiger partial charge in [-0.1, -0.05) is 18.2 Å². The third-order valence-electron chi connectivity index (χ3n) is 2.46. The first-order valence-corrected chi connectivity index (χ1v) is 8.66. The largest absolute Gasteiger partial charge is 0.298 e. The van der Waals surface area contributed by atoms with Crippen LogP contribution in [0, 0.1) is 0 Å². The lowest BCUT2D eigenvalue weighted by atomic mass is 10.3. The van der Waals surface area contributed by atoms with Crippen LogP contribution in [0.25, 0.3) is 0 Å². The monoisotopic (exact) mass is 329 g/mol. The zero-order valence-electron chi connectivity index (χ0n) is 11.2. The van der Waals surface area contributed by atoms with Crippen molar-refractivity contribution < 1.29 is 13.0 Å². The number of nitrogens with zero attached hydrogens (tertiary/aromatic N) is 3. The minimum Gasteiger partial charge on any atom is -0.298 e. The standard InChI is InChI=1S/C11H15N5O3S2/c1-20-16-8-7-15(9-21(17,18)19)11(16)13-14-12-10-5-3-2-4-6-10/h2-8,12,14H,9H2,1H3,(H,17,18,19)/b13-11+. The average Bonchev–Trinajstić information content (AvgIpc) is 2.80. The molecular formula is C11H15N5O3S2. The van der Waals surface area contributed by atoms with Crippen molar-refractivity contribution in [2.24, 2.45) is 5.10 Å². The highest BCUT2D eigenvalue weighted by Crippen LogP contribution is 2.02. The molecule has 0 unspecified atom stereocenters. The first-order chi connectivity index (χ1) is 9.99. The first kappa shape index (κ1) is 15.5.